The number of para-hydroxylation sites is 2. The Balaban J connectivity index is 2.66. The molecule has 0 amide bonds. The molecule has 3 aromatic rings. The van der Waals surface area contributed by atoms with Gasteiger partial charge in [-0.2, -0.15) is 0 Å². The molecule has 4 heteroatoms. The molecule has 3 rings (SSSR count). The molecule has 0 spiro atoms. The van der Waals surface area contributed by atoms with Gasteiger partial charge in [0.05, 0.1) is 21.9 Å². The van der Waals surface area contributed by atoms with Crippen molar-refractivity contribution < 1.29 is 0 Å². The maximum atomic E-state index is 11.9. The van der Waals surface area contributed by atoms with Crippen molar-refractivity contribution in [3.8, 4) is 0 Å². The van der Waals surface area contributed by atoms with Crippen LogP contribution in [0.15, 0.2) is 34.4 Å². The first kappa shape index (κ1) is 9.42. The van der Waals surface area contributed by atoms with Gasteiger partial charge >= 0.3 is 0 Å². The summed E-state index contributed by atoms with van der Waals surface area (Å²) < 4.78 is 0. The SMILES string of the molecule is Cc1scc2nc3ccccc3nc(=O)c12. The van der Waals surface area contributed by atoms with E-state index in [0.717, 1.165) is 15.9 Å². The second-order valence-corrected chi connectivity index (χ2v) is 4.65. The number of aryl methyl sites for hydroxylation is 1. The molecule has 0 aliphatic rings. The minimum Gasteiger partial charge on any atom is -0.267 e. The van der Waals surface area contributed by atoms with Crippen molar-refractivity contribution in [1.29, 1.82) is 0 Å². The van der Waals surface area contributed by atoms with Crippen molar-refractivity contribution in [1.82, 2.24) is 9.97 Å². The normalized spacial score (nSPS) is 11.1. The second kappa shape index (κ2) is 3.35. The van der Waals surface area contributed by atoms with E-state index in [-0.39, 0.29) is 5.56 Å². The zero-order valence-electron chi connectivity index (χ0n) is 8.60. The lowest BCUT2D eigenvalue weighted by atomic mass is 10.3. The molecule has 0 radical (unpaired) electrons. The van der Waals surface area contributed by atoms with Crippen molar-refractivity contribution in [2.45, 2.75) is 6.92 Å². The molecule has 0 aliphatic heterocycles. The van der Waals surface area contributed by atoms with Gasteiger partial charge in [0.25, 0.3) is 5.56 Å². The lowest BCUT2D eigenvalue weighted by molar-refractivity contribution is 1.35. The molecule has 78 valence electrons. The molecule has 0 unspecified atom stereocenters. The van der Waals surface area contributed by atoms with Gasteiger partial charge in [-0.25, -0.2) is 9.97 Å². The average molecular weight is 228 g/mol. The van der Waals surface area contributed by atoms with Crippen LogP contribution in [0.5, 0.6) is 0 Å². The van der Waals surface area contributed by atoms with E-state index in [1.807, 2.05) is 30.5 Å². The third-order valence-corrected chi connectivity index (χ3v) is 3.41. The molecular weight excluding hydrogens is 220 g/mol. The van der Waals surface area contributed by atoms with Gasteiger partial charge in [0.15, 0.2) is 0 Å². The number of fused-ring (bicyclic) bond motifs is 2. The van der Waals surface area contributed by atoms with Gasteiger partial charge in [0, 0.05) is 10.3 Å². The van der Waals surface area contributed by atoms with E-state index < -0.39 is 0 Å². The van der Waals surface area contributed by atoms with Gasteiger partial charge in [0.1, 0.15) is 0 Å². The van der Waals surface area contributed by atoms with Crippen LogP contribution in [-0.2, 0) is 0 Å². The van der Waals surface area contributed by atoms with Gasteiger partial charge in [-0.3, -0.25) is 4.79 Å². The Bertz CT molecular complexity index is 749. The number of nitrogens with zero attached hydrogens (tertiary/aromatic N) is 2. The number of benzene rings is 1. The molecule has 2 aromatic heterocycles. The topological polar surface area (TPSA) is 42.9 Å². The van der Waals surface area contributed by atoms with Crippen LogP contribution in [0.4, 0.5) is 0 Å². The molecule has 0 bridgehead atoms. The van der Waals surface area contributed by atoms with Crippen LogP contribution in [0, 0.1) is 6.92 Å². The Morgan fingerprint density at radius 2 is 1.75 bits per heavy atom. The molecule has 1 aromatic carbocycles. The number of hydrogen-bond acceptors (Lipinski definition) is 4. The van der Waals surface area contributed by atoms with Crippen LogP contribution >= 0.6 is 11.3 Å². The van der Waals surface area contributed by atoms with E-state index in [4.69, 9.17) is 0 Å². The van der Waals surface area contributed by atoms with Crippen molar-refractivity contribution >= 4 is 33.3 Å². The summed E-state index contributed by atoms with van der Waals surface area (Å²) in [5.74, 6) is 0. The summed E-state index contributed by atoms with van der Waals surface area (Å²) in [5.41, 5.74) is 1.95. The molecule has 16 heavy (non-hydrogen) atoms. The Labute approximate surface area is 95.4 Å². The molecule has 0 aliphatic carbocycles. The first-order valence-electron chi connectivity index (χ1n) is 4.90. The number of hydrogen-bond donors (Lipinski definition) is 0. The highest BCUT2D eigenvalue weighted by Crippen LogP contribution is 2.20. The molecular formula is C12H8N2OS. The zero-order valence-corrected chi connectivity index (χ0v) is 9.41. The molecule has 0 atom stereocenters. The van der Waals surface area contributed by atoms with Gasteiger partial charge < -0.3 is 0 Å². The van der Waals surface area contributed by atoms with Crippen LogP contribution in [0.3, 0.4) is 0 Å². The fourth-order valence-electron chi connectivity index (χ4n) is 1.73. The highest BCUT2D eigenvalue weighted by Gasteiger charge is 2.06. The van der Waals surface area contributed by atoms with Crippen LogP contribution < -0.4 is 5.56 Å². The second-order valence-electron chi connectivity index (χ2n) is 3.57. The first-order valence-corrected chi connectivity index (χ1v) is 5.78. The van der Waals surface area contributed by atoms with Crippen LogP contribution in [0.1, 0.15) is 4.88 Å². The lowest BCUT2D eigenvalue weighted by Gasteiger charge is -1.86. The van der Waals surface area contributed by atoms with Crippen molar-refractivity contribution in [2.75, 3.05) is 0 Å². The minimum absolute atomic E-state index is 0.192. The van der Waals surface area contributed by atoms with Gasteiger partial charge in [-0.15, -0.1) is 11.3 Å². The van der Waals surface area contributed by atoms with Crippen LogP contribution in [0.2, 0.25) is 0 Å². The van der Waals surface area contributed by atoms with E-state index in [0.29, 0.717) is 10.9 Å². The quantitative estimate of drug-likeness (QED) is 0.593. The Morgan fingerprint density at radius 3 is 2.50 bits per heavy atom. The first-order chi connectivity index (χ1) is 7.75. The van der Waals surface area contributed by atoms with E-state index in [9.17, 15) is 4.79 Å². The average Bonchev–Trinajstić information content (AvgIpc) is 2.56. The van der Waals surface area contributed by atoms with E-state index in [1.54, 1.807) is 6.07 Å². The minimum atomic E-state index is -0.192. The van der Waals surface area contributed by atoms with Crippen molar-refractivity contribution in [3.63, 3.8) is 0 Å². The third-order valence-electron chi connectivity index (χ3n) is 2.51. The number of thiophene rings is 1. The molecule has 3 nitrogen and oxygen atoms in total. The maximum Gasteiger partial charge on any atom is 0.280 e. The molecule has 0 saturated heterocycles. The summed E-state index contributed by atoms with van der Waals surface area (Å²) in [6.07, 6.45) is 0. The van der Waals surface area contributed by atoms with Crippen LogP contribution in [0.25, 0.3) is 21.9 Å². The predicted octanol–water partition coefficient (Wildman–Crippen LogP) is 2.51. The fraction of sp³-hybridized carbons (Fsp3) is 0.0833. The fourth-order valence-corrected chi connectivity index (χ4v) is 2.50. The number of rotatable bonds is 0. The summed E-state index contributed by atoms with van der Waals surface area (Å²) in [5, 5.41) is 2.54. The van der Waals surface area contributed by atoms with Crippen molar-refractivity contribution in [3.05, 3.63) is 44.9 Å². The largest absolute Gasteiger partial charge is 0.280 e. The van der Waals surface area contributed by atoms with E-state index in [1.165, 1.54) is 11.3 Å². The highest BCUT2D eigenvalue weighted by atomic mass is 32.1. The summed E-state index contributed by atoms with van der Waals surface area (Å²) >= 11 is 1.53. The smallest absolute Gasteiger partial charge is 0.267 e. The molecule has 0 N–H and O–H groups in total. The third kappa shape index (κ3) is 1.31. The predicted molar refractivity (Wildman–Crippen MR) is 65.9 cm³/mol. The Kier molecular flexibility index (Phi) is 1.97. The monoisotopic (exact) mass is 228 g/mol. The number of aromatic nitrogens is 2. The molecule has 2 heterocycles. The van der Waals surface area contributed by atoms with E-state index in [2.05, 4.69) is 9.97 Å². The lowest BCUT2D eigenvalue weighted by Crippen LogP contribution is -2.01. The van der Waals surface area contributed by atoms with Gasteiger partial charge in [-0.1, -0.05) is 12.1 Å². The Morgan fingerprint density at radius 1 is 1.06 bits per heavy atom. The zero-order chi connectivity index (χ0) is 11.1. The summed E-state index contributed by atoms with van der Waals surface area (Å²) in [7, 11) is 0. The Hall–Kier alpha value is -1.81. The summed E-state index contributed by atoms with van der Waals surface area (Å²) in [4.78, 5) is 21.5. The standard InChI is InChI=1S/C12H8N2OS/c1-7-11-10(6-16-7)13-8-4-2-3-5-9(8)14-12(11)15/h2-6H,1H3. The van der Waals surface area contributed by atoms with E-state index >= 15 is 0 Å². The maximum absolute atomic E-state index is 11.9. The van der Waals surface area contributed by atoms with Crippen LogP contribution in [-0.4, -0.2) is 9.97 Å². The molecule has 0 fully saturated rings. The van der Waals surface area contributed by atoms with Gasteiger partial charge in [-0.05, 0) is 19.1 Å². The van der Waals surface area contributed by atoms with Gasteiger partial charge in [0.2, 0.25) is 0 Å². The summed E-state index contributed by atoms with van der Waals surface area (Å²) in [6, 6.07) is 7.43. The molecule has 0 saturated carbocycles. The summed E-state index contributed by atoms with van der Waals surface area (Å²) in [6.45, 7) is 1.92. The highest BCUT2D eigenvalue weighted by molar-refractivity contribution is 7.11. The van der Waals surface area contributed by atoms with Crippen molar-refractivity contribution in [2.24, 2.45) is 0 Å².